The van der Waals surface area contributed by atoms with Gasteiger partial charge in [0.05, 0.1) is 5.56 Å². The molecule has 0 aliphatic heterocycles. The summed E-state index contributed by atoms with van der Waals surface area (Å²) < 4.78 is 6.49. The molecule has 0 aliphatic carbocycles. The van der Waals surface area contributed by atoms with Gasteiger partial charge in [-0.3, -0.25) is 20.4 Å². The Hall–Kier alpha value is -2.09. The van der Waals surface area contributed by atoms with Crippen LogP contribution >= 0.6 is 22.6 Å². The Morgan fingerprint density at radius 2 is 1.75 bits per heavy atom. The topological polar surface area (TPSA) is 67.4 Å². The molecule has 24 heavy (non-hydrogen) atoms. The zero-order chi connectivity index (χ0) is 17.7. The minimum atomic E-state index is -0.736. The Balaban J connectivity index is 1.93. The fraction of sp³-hybridized carbons (Fsp3) is 0.222. The van der Waals surface area contributed by atoms with Crippen LogP contribution in [0, 0.1) is 17.4 Å². The SMILES string of the molecule is Cc1cccc(OC(C)C(=O)NNC(=O)c2ccccc2I)c1C. The van der Waals surface area contributed by atoms with Gasteiger partial charge in [-0.1, -0.05) is 24.3 Å². The second kappa shape index (κ2) is 8.14. The molecule has 0 heterocycles. The van der Waals surface area contributed by atoms with Gasteiger partial charge in [-0.15, -0.1) is 0 Å². The molecule has 2 aromatic rings. The maximum absolute atomic E-state index is 12.1. The first-order chi connectivity index (χ1) is 11.4. The largest absolute Gasteiger partial charge is 0.481 e. The van der Waals surface area contributed by atoms with E-state index in [1.165, 1.54) is 0 Å². The van der Waals surface area contributed by atoms with Crippen molar-refractivity contribution in [3.05, 3.63) is 62.7 Å². The van der Waals surface area contributed by atoms with Gasteiger partial charge in [-0.05, 0) is 72.7 Å². The fourth-order valence-electron chi connectivity index (χ4n) is 2.03. The third-order valence-electron chi connectivity index (χ3n) is 3.65. The standard InChI is InChI=1S/C18H19IN2O3/c1-11-7-6-10-16(12(11)2)24-13(3)17(22)20-21-18(23)14-8-4-5-9-15(14)19/h4-10,13H,1-3H3,(H,20,22)(H,21,23). The first-order valence-electron chi connectivity index (χ1n) is 7.47. The van der Waals surface area contributed by atoms with Gasteiger partial charge >= 0.3 is 0 Å². The highest BCUT2D eigenvalue weighted by molar-refractivity contribution is 14.1. The molecule has 2 aromatic carbocycles. The summed E-state index contributed by atoms with van der Waals surface area (Å²) in [6, 6.07) is 12.8. The molecule has 126 valence electrons. The lowest BCUT2D eigenvalue weighted by atomic mass is 10.1. The van der Waals surface area contributed by atoms with Crippen molar-refractivity contribution < 1.29 is 14.3 Å². The Bertz CT molecular complexity index is 762. The molecule has 0 bridgehead atoms. The highest BCUT2D eigenvalue weighted by Gasteiger charge is 2.17. The molecule has 5 nitrogen and oxygen atoms in total. The number of carbonyl (C=O) groups excluding carboxylic acids is 2. The maximum atomic E-state index is 12.1. The zero-order valence-electron chi connectivity index (χ0n) is 13.7. The minimum absolute atomic E-state index is 0.368. The molecule has 0 radical (unpaired) electrons. The van der Waals surface area contributed by atoms with Crippen LogP contribution in [-0.4, -0.2) is 17.9 Å². The van der Waals surface area contributed by atoms with Gasteiger partial charge in [0.15, 0.2) is 6.10 Å². The predicted molar refractivity (Wildman–Crippen MR) is 101 cm³/mol. The van der Waals surface area contributed by atoms with Gasteiger partial charge in [-0.25, -0.2) is 0 Å². The molecule has 1 unspecified atom stereocenters. The quantitative estimate of drug-likeness (QED) is 0.570. The van der Waals surface area contributed by atoms with Crippen LogP contribution in [0.1, 0.15) is 28.4 Å². The molecule has 2 N–H and O–H groups in total. The predicted octanol–water partition coefficient (Wildman–Crippen LogP) is 3.14. The fourth-order valence-corrected chi connectivity index (χ4v) is 2.66. The van der Waals surface area contributed by atoms with Gasteiger partial charge in [-0.2, -0.15) is 0 Å². The van der Waals surface area contributed by atoms with Crippen molar-refractivity contribution in [2.45, 2.75) is 26.9 Å². The van der Waals surface area contributed by atoms with Crippen molar-refractivity contribution in [1.29, 1.82) is 0 Å². The molecule has 0 aromatic heterocycles. The summed E-state index contributed by atoms with van der Waals surface area (Å²) >= 11 is 2.07. The van der Waals surface area contributed by atoms with E-state index in [4.69, 9.17) is 4.74 Å². The van der Waals surface area contributed by atoms with E-state index >= 15 is 0 Å². The second-order valence-corrected chi connectivity index (χ2v) is 6.54. The Kier molecular flexibility index (Phi) is 6.19. The number of hydrogen-bond donors (Lipinski definition) is 2. The number of carbonyl (C=O) groups is 2. The normalized spacial score (nSPS) is 11.5. The van der Waals surface area contributed by atoms with Gasteiger partial charge in [0.25, 0.3) is 11.8 Å². The Morgan fingerprint density at radius 1 is 1.04 bits per heavy atom. The molecule has 6 heteroatoms. The van der Waals surface area contributed by atoms with Crippen molar-refractivity contribution in [3.63, 3.8) is 0 Å². The highest BCUT2D eigenvalue weighted by Crippen LogP contribution is 2.21. The van der Waals surface area contributed by atoms with Gasteiger partial charge < -0.3 is 4.74 Å². The number of nitrogens with one attached hydrogen (secondary N) is 2. The average Bonchev–Trinajstić information content (AvgIpc) is 2.56. The Labute approximate surface area is 154 Å². The van der Waals surface area contributed by atoms with Crippen LogP contribution in [0.3, 0.4) is 0 Å². The number of hydrogen-bond acceptors (Lipinski definition) is 3. The van der Waals surface area contributed by atoms with E-state index in [0.29, 0.717) is 11.3 Å². The van der Waals surface area contributed by atoms with E-state index in [-0.39, 0.29) is 5.91 Å². The number of rotatable bonds is 4. The van der Waals surface area contributed by atoms with Crippen molar-refractivity contribution in [2.75, 3.05) is 0 Å². The summed E-state index contributed by atoms with van der Waals surface area (Å²) in [6.07, 6.45) is -0.736. The molecule has 2 rings (SSSR count). The third kappa shape index (κ3) is 4.47. The van der Waals surface area contributed by atoms with E-state index in [9.17, 15) is 9.59 Å². The second-order valence-electron chi connectivity index (χ2n) is 5.38. The van der Waals surface area contributed by atoms with E-state index in [2.05, 4.69) is 33.4 Å². The average molecular weight is 438 g/mol. The van der Waals surface area contributed by atoms with Crippen LogP contribution in [0.25, 0.3) is 0 Å². The van der Waals surface area contributed by atoms with Crippen LogP contribution in [0.15, 0.2) is 42.5 Å². The van der Waals surface area contributed by atoms with Crippen LogP contribution in [-0.2, 0) is 4.79 Å². The van der Waals surface area contributed by atoms with E-state index in [1.54, 1.807) is 19.1 Å². The molecule has 1 atom stereocenters. The Morgan fingerprint density at radius 3 is 2.46 bits per heavy atom. The number of ether oxygens (including phenoxy) is 1. The van der Waals surface area contributed by atoms with Crippen molar-refractivity contribution in [2.24, 2.45) is 0 Å². The lowest BCUT2D eigenvalue weighted by molar-refractivity contribution is -0.128. The first-order valence-corrected chi connectivity index (χ1v) is 8.55. The van der Waals surface area contributed by atoms with Crippen molar-refractivity contribution in [1.82, 2.24) is 10.9 Å². The lowest BCUT2D eigenvalue weighted by Crippen LogP contribution is -2.47. The smallest absolute Gasteiger partial charge is 0.279 e. The monoisotopic (exact) mass is 438 g/mol. The number of benzene rings is 2. The minimum Gasteiger partial charge on any atom is -0.481 e. The molecular weight excluding hydrogens is 419 g/mol. The third-order valence-corrected chi connectivity index (χ3v) is 4.59. The van der Waals surface area contributed by atoms with Gasteiger partial charge in [0.1, 0.15) is 5.75 Å². The molecular formula is C18H19IN2O3. The summed E-state index contributed by atoms with van der Waals surface area (Å²) in [5, 5.41) is 0. The van der Waals surface area contributed by atoms with Crippen LogP contribution in [0.2, 0.25) is 0 Å². The molecule has 0 fully saturated rings. The molecule has 0 saturated carbocycles. The molecule has 0 spiro atoms. The number of aryl methyl sites for hydroxylation is 1. The number of hydrazine groups is 1. The summed E-state index contributed by atoms with van der Waals surface area (Å²) in [4.78, 5) is 24.2. The van der Waals surface area contributed by atoms with Crippen LogP contribution in [0.4, 0.5) is 0 Å². The number of halogens is 1. The van der Waals surface area contributed by atoms with Crippen molar-refractivity contribution >= 4 is 34.4 Å². The van der Waals surface area contributed by atoms with E-state index in [0.717, 1.165) is 14.7 Å². The van der Waals surface area contributed by atoms with Crippen LogP contribution < -0.4 is 15.6 Å². The van der Waals surface area contributed by atoms with Gasteiger partial charge in [0, 0.05) is 3.57 Å². The van der Waals surface area contributed by atoms with E-state index in [1.807, 2.05) is 44.2 Å². The van der Waals surface area contributed by atoms with Crippen LogP contribution in [0.5, 0.6) is 5.75 Å². The molecule has 0 saturated heterocycles. The zero-order valence-corrected chi connectivity index (χ0v) is 15.9. The maximum Gasteiger partial charge on any atom is 0.279 e. The highest BCUT2D eigenvalue weighted by atomic mass is 127. The lowest BCUT2D eigenvalue weighted by Gasteiger charge is -2.17. The number of amides is 2. The summed E-state index contributed by atoms with van der Waals surface area (Å²) in [5.41, 5.74) is 7.38. The molecule has 0 aliphatic rings. The van der Waals surface area contributed by atoms with E-state index < -0.39 is 12.0 Å². The molecule has 2 amide bonds. The summed E-state index contributed by atoms with van der Waals surface area (Å²) in [7, 11) is 0. The summed E-state index contributed by atoms with van der Waals surface area (Å²) in [6.45, 7) is 5.55. The summed E-state index contributed by atoms with van der Waals surface area (Å²) in [5.74, 6) is -0.135. The van der Waals surface area contributed by atoms with Crippen molar-refractivity contribution in [3.8, 4) is 5.75 Å². The van der Waals surface area contributed by atoms with Gasteiger partial charge in [0.2, 0.25) is 0 Å². The first kappa shape index (κ1) is 18.3.